The Balaban J connectivity index is 4.40. The molecule has 0 spiro atoms. The molecule has 0 aliphatic carbocycles. The molecule has 2 unspecified atom stereocenters. The van der Waals surface area contributed by atoms with Gasteiger partial charge in [-0.15, -0.1) is 0 Å². The summed E-state index contributed by atoms with van der Waals surface area (Å²) >= 11 is 0. The maximum absolute atomic E-state index is 12.8. The van der Waals surface area contributed by atoms with E-state index in [0.29, 0.717) is 23.9 Å². The van der Waals surface area contributed by atoms with Crippen molar-refractivity contribution in [3.63, 3.8) is 0 Å². The van der Waals surface area contributed by atoms with Gasteiger partial charge in [-0.05, 0) is 44.9 Å². The van der Waals surface area contributed by atoms with Gasteiger partial charge in [-0.2, -0.15) is 0 Å². The van der Waals surface area contributed by atoms with E-state index in [4.69, 9.17) is 18.9 Å². The highest BCUT2D eigenvalue weighted by molar-refractivity contribution is 5.71. The van der Waals surface area contributed by atoms with Crippen LogP contribution in [0.2, 0.25) is 0 Å². The summed E-state index contributed by atoms with van der Waals surface area (Å²) in [7, 11) is 5.95. The zero-order valence-electron chi connectivity index (χ0n) is 38.2. The molecular weight excluding hydrogens is 731 g/mol. The molecular formula is C49H90NO8+. The zero-order valence-corrected chi connectivity index (χ0v) is 38.2. The molecule has 0 aliphatic heterocycles. The van der Waals surface area contributed by atoms with Crippen molar-refractivity contribution in [1.82, 2.24) is 0 Å². The molecule has 0 aromatic rings. The molecule has 0 aliphatic rings. The lowest BCUT2D eigenvalue weighted by atomic mass is 10.0. The molecule has 0 aromatic heterocycles. The van der Waals surface area contributed by atoms with Gasteiger partial charge < -0.3 is 28.5 Å². The molecule has 2 atom stereocenters. The predicted molar refractivity (Wildman–Crippen MR) is 240 cm³/mol. The summed E-state index contributed by atoms with van der Waals surface area (Å²) in [5.74, 6) is -2.01. The summed E-state index contributed by atoms with van der Waals surface area (Å²) in [5.41, 5.74) is 0. The number of quaternary nitrogens is 1. The van der Waals surface area contributed by atoms with Gasteiger partial charge in [0.2, 0.25) is 0 Å². The number of carbonyl (C=O) groups is 3. The van der Waals surface area contributed by atoms with Crippen LogP contribution in [-0.4, -0.2) is 87.4 Å². The second kappa shape index (κ2) is 41.3. The van der Waals surface area contributed by atoms with E-state index < -0.39 is 24.3 Å². The highest BCUT2D eigenvalue weighted by Gasteiger charge is 2.25. The standard InChI is InChI=1S/C49H89NO8/c1-6-8-10-12-14-16-18-20-22-24-26-28-30-32-34-36-38-40-47(52)58-45(44-57-49(48(53)54)55-42-41-50(3,4)5)43-56-46(51)39-37-35-33-31-29-27-25-23-21-19-17-15-13-11-9-7-2/h8,10,14,16,20,22,45,49H,6-7,9,11-13,15,17-19,21,23-44H2,1-5H3/p+1/b10-8-,16-14-,22-20-. The van der Waals surface area contributed by atoms with Gasteiger partial charge in [0, 0.05) is 12.8 Å². The van der Waals surface area contributed by atoms with Crippen molar-refractivity contribution in [2.45, 2.75) is 212 Å². The van der Waals surface area contributed by atoms with Crippen LogP contribution in [0.3, 0.4) is 0 Å². The summed E-state index contributed by atoms with van der Waals surface area (Å²) in [5, 5.41) is 9.64. The number of hydrogen-bond acceptors (Lipinski definition) is 7. The van der Waals surface area contributed by atoms with Crippen LogP contribution in [0.1, 0.15) is 200 Å². The maximum atomic E-state index is 12.8. The Morgan fingerprint density at radius 2 is 0.983 bits per heavy atom. The average Bonchev–Trinajstić information content (AvgIpc) is 3.18. The summed E-state index contributed by atoms with van der Waals surface area (Å²) in [4.78, 5) is 37.2. The lowest BCUT2D eigenvalue weighted by Gasteiger charge is -2.25. The van der Waals surface area contributed by atoms with Crippen molar-refractivity contribution >= 4 is 17.9 Å². The molecule has 0 bridgehead atoms. The van der Waals surface area contributed by atoms with Crippen molar-refractivity contribution in [2.75, 3.05) is 47.5 Å². The Morgan fingerprint density at radius 3 is 1.47 bits per heavy atom. The van der Waals surface area contributed by atoms with E-state index in [9.17, 15) is 19.5 Å². The zero-order chi connectivity index (χ0) is 42.8. The fraction of sp³-hybridized carbons (Fsp3) is 0.816. The number of carboxylic acids is 1. The number of unbranched alkanes of at least 4 members (excludes halogenated alkanes) is 22. The molecule has 0 fully saturated rings. The first-order valence-corrected chi connectivity index (χ1v) is 23.7. The number of carboxylic acid groups (broad SMARTS) is 1. The van der Waals surface area contributed by atoms with Crippen LogP contribution in [0.4, 0.5) is 0 Å². The highest BCUT2D eigenvalue weighted by Crippen LogP contribution is 2.15. The second-order valence-corrected chi connectivity index (χ2v) is 17.0. The van der Waals surface area contributed by atoms with E-state index in [1.807, 2.05) is 21.1 Å². The third-order valence-electron chi connectivity index (χ3n) is 10.2. The normalized spacial score (nSPS) is 13.2. The Morgan fingerprint density at radius 1 is 0.534 bits per heavy atom. The van der Waals surface area contributed by atoms with E-state index in [1.54, 1.807) is 0 Å². The molecule has 9 nitrogen and oxygen atoms in total. The summed E-state index contributed by atoms with van der Waals surface area (Å²) in [6.07, 6.45) is 43.4. The highest BCUT2D eigenvalue weighted by atomic mass is 16.7. The number of rotatable bonds is 43. The number of esters is 2. The minimum Gasteiger partial charge on any atom is -0.477 e. The molecule has 0 amide bonds. The smallest absolute Gasteiger partial charge is 0.361 e. The number of allylic oxidation sites excluding steroid dienone is 6. The monoisotopic (exact) mass is 821 g/mol. The van der Waals surface area contributed by atoms with E-state index in [2.05, 4.69) is 50.3 Å². The van der Waals surface area contributed by atoms with Crippen LogP contribution in [0.15, 0.2) is 36.5 Å². The molecule has 58 heavy (non-hydrogen) atoms. The first kappa shape index (κ1) is 55.5. The van der Waals surface area contributed by atoms with Crippen molar-refractivity contribution in [2.24, 2.45) is 0 Å². The lowest BCUT2D eigenvalue weighted by Crippen LogP contribution is -2.40. The second-order valence-electron chi connectivity index (χ2n) is 17.0. The average molecular weight is 821 g/mol. The number of aliphatic carboxylic acids is 1. The maximum Gasteiger partial charge on any atom is 0.361 e. The number of hydrogen-bond donors (Lipinski definition) is 1. The largest absolute Gasteiger partial charge is 0.477 e. The lowest BCUT2D eigenvalue weighted by molar-refractivity contribution is -0.870. The molecule has 338 valence electrons. The van der Waals surface area contributed by atoms with Gasteiger partial charge in [-0.1, -0.05) is 179 Å². The number of likely N-dealkylation sites (N-methyl/N-ethyl adjacent to an activating group) is 1. The van der Waals surface area contributed by atoms with Crippen molar-refractivity contribution in [1.29, 1.82) is 0 Å². The van der Waals surface area contributed by atoms with E-state index in [-0.39, 0.29) is 32.2 Å². The van der Waals surface area contributed by atoms with Gasteiger partial charge >= 0.3 is 17.9 Å². The quantitative estimate of drug-likeness (QED) is 0.0213. The van der Waals surface area contributed by atoms with Crippen LogP contribution in [0.5, 0.6) is 0 Å². The van der Waals surface area contributed by atoms with Crippen LogP contribution < -0.4 is 0 Å². The topological polar surface area (TPSA) is 108 Å². The van der Waals surface area contributed by atoms with Crippen LogP contribution in [0.25, 0.3) is 0 Å². The number of carbonyl (C=O) groups excluding carboxylic acids is 2. The Bertz CT molecular complexity index is 1050. The first-order chi connectivity index (χ1) is 28.1. The van der Waals surface area contributed by atoms with Gasteiger partial charge in [0.15, 0.2) is 6.10 Å². The van der Waals surface area contributed by atoms with Crippen molar-refractivity contribution in [3.8, 4) is 0 Å². The van der Waals surface area contributed by atoms with Gasteiger partial charge in [-0.25, -0.2) is 4.79 Å². The predicted octanol–water partition coefficient (Wildman–Crippen LogP) is 12.6. The molecule has 0 radical (unpaired) electrons. The number of nitrogens with zero attached hydrogens (tertiary/aromatic N) is 1. The molecule has 0 saturated heterocycles. The van der Waals surface area contributed by atoms with Gasteiger partial charge in [0.1, 0.15) is 13.2 Å². The van der Waals surface area contributed by atoms with E-state index >= 15 is 0 Å². The minimum atomic E-state index is -1.51. The molecule has 0 heterocycles. The molecule has 9 heteroatoms. The van der Waals surface area contributed by atoms with Crippen LogP contribution in [-0.2, 0) is 33.3 Å². The van der Waals surface area contributed by atoms with Gasteiger partial charge in [-0.3, -0.25) is 9.59 Å². The van der Waals surface area contributed by atoms with E-state index in [1.165, 1.54) is 103 Å². The van der Waals surface area contributed by atoms with Crippen molar-refractivity contribution in [3.05, 3.63) is 36.5 Å². The SMILES string of the molecule is CC/C=C\C/C=C\C/C=C\CCCCCCCCCC(=O)OC(COC(=O)CCCCCCCCCCCCCCCCCC)COC(OCC[N+](C)(C)C)C(=O)O. The Kier molecular flexibility index (Phi) is 39.5. The fourth-order valence-corrected chi connectivity index (χ4v) is 6.50. The van der Waals surface area contributed by atoms with E-state index in [0.717, 1.165) is 64.2 Å². The summed E-state index contributed by atoms with van der Waals surface area (Å²) in [6, 6.07) is 0. The van der Waals surface area contributed by atoms with Crippen LogP contribution in [0, 0.1) is 0 Å². The third kappa shape index (κ3) is 41.7. The molecule has 1 N–H and O–H groups in total. The minimum absolute atomic E-state index is 0.183. The van der Waals surface area contributed by atoms with Crippen LogP contribution >= 0.6 is 0 Å². The van der Waals surface area contributed by atoms with Gasteiger partial charge in [0.25, 0.3) is 6.29 Å². The molecule has 0 rings (SSSR count). The molecule has 0 aromatic carbocycles. The fourth-order valence-electron chi connectivity index (χ4n) is 6.50. The Labute approximate surface area is 356 Å². The Hall–Kier alpha value is -2.49. The van der Waals surface area contributed by atoms with Gasteiger partial charge in [0.05, 0.1) is 34.4 Å². The van der Waals surface area contributed by atoms with Crippen molar-refractivity contribution < 1.29 is 42.9 Å². The third-order valence-corrected chi connectivity index (χ3v) is 10.2. The summed E-state index contributed by atoms with van der Waals surface area (Å²) < 4.78 is 22.8. The number of ether oxygens (including phenoxy) is 4. The molecule has 0 saturated carbocycles. The first-order valence-electron chi connectivity index (χ1n) is 23.7. The summed E-state index contributed by atoms with van der Waals surface area (Å²) in [6.45, 7) is 4.76.